The van der Waals surface area contributed by atoms with Crippen molar-refractivity contribution in [3.8, 4) is 0 Å². The van der Waals surface area contributed by atoms with Gasteiger partial charge in [-0.3, -0.25) is 4.79 Å². The quantitative estimate of drug-likeness (QED) is 0.429. The Balaban J connectivity index is -0.0000000575. The summed E-state index contributed by atoms with van der Waals surface area (Å²) in [6.07, 6.45) is 1.25. The zero-order valence-corrected chi connectivity index (χ0v) is 4.56. The minimum atomic E-state index is -0.333. The lowest BCUT2D eigenvalue weighted by Gasteiger charge is -1.60. The van der Waals surface area contributed by atoms with Crippen molar-refractivity contribution >= 4 is 12.1 Å². The van der Waals surface area contributed by atoms with Gasteiger partial charge >= 0.3 is 0 Å². The van der Waals surface area contributed by atoms with Gasteiger partial charge in [-0.05, 0) is 13.1 Å². The molecule has 0 atom stereocenters. The molecule has 3 nitrogen and oxygen atoms in total. The maximum Gasteiger partial charge on any atom is 0.214 e. The van der Waals surface area contributed by atoms with Crippen molar-refractivity contribution in [1.29, 1.82) is 5.41 Å². The summed E-state index contributed by atoms with van der Waals surface area (Å²) in [5.74, 6) is -0.333. The Hall–Kier alpha value is -0.860. The van der Waals surface area contributed by atoms with E-state index >= 15 is 0 Å². The zero-order valence-electron chi connectivity index (χ0n) is 4.56. The fourth-order valence-corrected chi connectivity index (χ4v) is 0. The minimum Gasteiger partial charge on any atom is -0.370 e. The number of carbonyl (C=O) groups excluding carboxylic acids is 1. The summed E-state index contributed by atoms with van der Waals surface area (Å²) in [6, 6.07) is 0. The molecular weight excluding hydrogens is 92.1 g/mol. The van der Waals surface area contributed by atoms with Crippen LogP contribution in [0.2, 0.25) is 0 Å². The Morgan fingerprint density at radius 1 is 2.00 bits per heavy atom. The third kappa shape index (κ3) is 68.5. The molecule has 0 spiro atoms. The zero-order chi connectivity index (χ0) is 6.28. The SMILES string of the molecule is CC(N)=O.CC=N.[HH]. The first-order valence-electron chi connectivity index (χ1n) is 1.86. The molecule has 0 unspecified atom stereocenters. The van der Waals surface area contributed by atoms with Crippen molar-refractivity contribution < 1.29 is 6.22 Å². The van der Waals surface area contributed by atoms with E-state index in [0.717, 1.165) is 0 Å². The van der Waals surface area contributed by atoms with Gasteiger partial charge in [0, 0.05) is 8.35 Å². The van der Waals surface area contributed by atoms with Crippen LogP contribution in [-0.2, 0) is 4.79 Å². The highest BCUT2D eigenvalue weighted by molar-refractivity contribution is 5.70. The maximum atomic E-state index is 9.22. The predicted molar refractivity (Wildman–Crippen MR) is 31.4 cm³/mol. The van der Waals surface area contributed by atoms with Crippen LogP contribution < -0.4 is 5.73 Å². The van der Waals surface area contributed by atoms with E-state index < -0.39 is 0 Å². The van der Waals surface area contributed by atoms with E-state index in [-0.39, 0.29) is 7.33 Å². The first-order chi connectivity index (χ1) is 3.15. The van der Waals surface area contributed by atoms with Crippen LogP contribution in [0, 0.1) is 5.41 Å². The van der Waals surface area contributed by atoms with E-state index in [2.05, 4.69) is 5.73 Å². The van der Waals surface area contributed by atoms with E-state index in [1.165, 1.54) is 13.1 Å². The van der Waals surface area contributed by atoms with Crippen LogP contribution in [0.4, 0.5) is 0 Å². The largest absolute Gasteiger partial charge is 0.370 e. The van der Waals surface area contributed by atoms with Gasteiger partial charge in [0.15, 0.2) is 0 Å². The number of carbonyl (C=O) groups is 1. The Morgan fingerprint density at radius 3 is 2.00 bits per heavy atom. The van der Waals surface area contributed by atoms with Crippen LogP contribution in [-0.4, -0.2) is 12.1 Å². The first-order valence-corrected chi connectivity index (χ1v) is 1.86. The Kier molecular flexibility index (Phi) is 12.1. The molecule has 1 amide bonds. The monoisotopic (exact) mass is 104 g/mol. The lowest BCUT2D eigenvalue weighted by atomic mass is 10.8. The molecule has 0 rings (SSSR count). The summed E-state index contributed by atoms with van der Waals surface area (Å²) >= 11 is 0. The number of nitrogens with two attached hydrogens (primary N) is 1. The molecule has 0 aliphatic heterocycles. The Morgan fingerprint density at radius 2 is 2.00 bits per heavy atom. The fourth-order valence-electron chi connectivity index (χ4n) is 0. The molecule has 3 N–H and O–H groups in total. The van der Waals surface area contributed by atoms with E-state index in [4.69, 9.17) is 5.41 Å². The second kappa shape index (κ2) is 8.94. The molecule has 0 saturated heterocycles. The smallest absolute Gasteiger partial charge is 0.214 e. The highest BCUT2D eigenvalue weighted by Gasteiger charge is 1.61. The van der Waals surface area contributed by atoms with E-state index in [1.807, 2.05) is 0 Å². The van der Waals surface area contributed by atoms with E-state index in [9.17, 15) is 4.79 Å². The van der Waals surface area contributed by atoms with Crippen molar-refractivity contribution in [3.05, 3.63) is 0 Å². The highest BCUT2D eigenvalue weighted by atomic mass is 16.1. The summed E-state index contributed by atoms with van der Waals surface area (Å²) in [6.45, 7) is 2.97. The van der Waals surface area contributed by atoms with Gasteiger partial charge < -0.3 is 11.1 Å². The number of rotatable bonds is 0. The average Bonchev–Trinajstić information content (AvgIpc) is 1.33. The van der Waals surface area contributed by atoms with Gasteiger partial charge in [-0.15, -0.1) is 0 Å². The summed E-state index contributed by atoms with van der Waals surface area (Å²) in [5, 5.41) is 6.08. The van der Waals surface area contributed by atoms with Crippen LogP contribution in [0.15, 0.2) is 0 Å². The topological polar surface area (TPSA) is 66.9 Å². The minimum absolute atomic E-state index is 0. The normalized spacial score (nSPS) is 5.43. The van der Waals surface area contributed by atoms with Crippen molar-refractivity contribution in [2.45, 2.75) is 13.8 Å². The molecule has 0 radical (unpaired) electrons. The molecule has 7 heavy (non-hydrogen) atoms. The highest BCUT2D eigenvalue weighted by Crippen LogP contribution is 1.33. The molecule has 0 bridgehead atoms. The molecule has 0 saturated carbocycles. The summed E-state index contributed by atoms with van der Waals surface area (Å²) in [4.78, 5) is 9.22. The van der Waals surface area contributed by atoms with Crippen LogP contribution in [0.3, 0.4) is 0 Å². The molecule has 0 fully saturated rings. The van der Waals surface area contributed by atoms with Crippen LogP contribution in [0.1, 0.15) is 15.3 Å². The molecule has 0 aromatic carbocycles. The molecular formula is C4H12N2O. The Labute approximate surface area is 44.5 Å². The molecule has 44 valence electrons. The van der Waals surface area contributed by atoms with Crippen molar-refractivity contribution in [2.75, 3.05) is 0 Å². The van der Waals surface area contributed by atoms with Gasteiger partial charge in [0.1, 0.15) is 0 Å². The van der Waals surface area contributed by atoms with Gasteiger partial charge in [0.05, 0.1) is 0 Å². The van der Waals surface area contributed by atoms with Gasteiger partial charge in [-0.2, -0.15) is 0 Å². The summed E-state index contributed by atoms with van der Waals surface area (Å²) in [5.41, 5.74) is 4.47. The number of nitrogens with one attached hydrogen (secondary N) is 1. The molecule has 0 aromatic heterocycles. The van der Waals surface area contributed by atoms with Crippen LogP contribution >= 0.6 is 0 Å². The second-order valence-electron chi connectivity index (χ2n) is 0.899. The average molecular weight is 104 g/mol. The van der Waals surface area contributed by atoms with Crippen molar-refractivity contribution in [2.24, 2.45) is 5.73 Å². The van der Waals surface area contributed by atoms with Gasteiger partial charge in [0.25, 0.3) is 0 Å². The number of amides is 1. The molecule has 0 heterocycles. The third-order valence-corrected chi connectivity index (χ3v) is 0. The van der Waals surface area contributed by atoms with Gasteiger partial charge in [0.2, 0.25) is 5.91 Å². The fraction of sp³-hybridized carbons (Fsp3) is 0.500. The van der Waals surface area contributed by atoms with Gasteiger partial charge in [-0.1, -0.05) is 0 Å². The standard InChI is InChI=1S/C2H5NO.C2H5N.H2/c1-2(3)4;1-2-3;/h1H3,(H2,3,4);2-3H,1H3;1H. The molecule has 0 aromatic rings. The van der Waals surface area contributed by atoms with Gasteiger partial charge in [-0.25, -0.2) is 0 Å². The number of hydrogen-bond acceptors (Lipinski definition) is 2. The van der Waals surface area contributed by atoms with E-state index in [0.29, 0.717) is 0 Å². The predicted octanol–water partition coefficient (Wildman–Crippen LogP) is 0.393. The maximum absolute atomic E-state index is 9.22. The summed E-state index contributed by atoms with van der Waals surface area (Å²) in [7, 11) is 0. The van der Waals surface area contributed by atoms with Crippen LogP contribution in [0.25, 0.3) is 0 Å². The molecule has 3 heteroatoms. The van der Waals surface area contributed by atoms with Crippen molar-refractivity contribution in [3.63, 3.8) is 0 Å². The number of hydrogen-bond donors (Lipinski definition) is 2. The van der Waals surface area contributed by atoms with Crippen molar-refractivity contribution in [1.82, 2.24) is 0 Å². The molecule has 0 aliphatic carbocycles. The lowest BCUT2D eigenvalue weighted by molar-refractivity contribution is -0.115. The van der Waals surface area contributed by atoms with E-state index in [1.54, 1.807) is 6.92 Å². The first kappa shape index (κ1) is 9.46. The van der Waals surface area contributed by atoms with Crippen LogP contribution in [0.5, 0.6) is 0 Å². The number of primary amides is 1. The lowest BCUT2D eigenvalue weighted by Crippen LogP contribution is -2.01. The molecule has 0 aliphatic rings. The summed E-state index contributed by atoms with van der Waals surface area (Å²) < 4.78 is 0. The Bertz CT molecular complexity index is 61.1. The second-order valence-corrected chi connectivity index (χ2v) is 0.899. The third-order valence-electron chi connectivity index (χ3n) is 0.